The molecular weight excluding hydrogens is 364 g/mol. The number of aromatic nitrogens is 3. The van der Waals surface area contributed by atoms with Crippen molar-refractivity contribution in [1.29, 1.82) is 0 Å². The summed E-state index contributed by atoms with van der Waals surface area (Å²) in [5, 5.41) is 13.7. The molecule has 144 valence electrons. The Hall–Kier alpha value is -3.67. The number of benzene rings is 2. The maximum absolute atomic E-state index is 11.1. The predicted octanol–water partition coefficient (Wildman–Crippen LogP) is 3.76. The van der Waals surface area contributed by atoms with E-state index in [1.165, 1.54) is 11.1 Å². The molecule has 5 rings (SSSR count). The largest absolute Gasteiger partial charge is 0.480 e. The first kappa shape index (κ1) is 17.4. The molecule has 1 aliphatic carbocycles. The van der Waals surface area contributed by atoms with Crippen molar-refractivity contribution in [1.82, 2.24) is 14.5 Å². The van der Waals surface area contributed by atoms with Crippen LogP contribution in [0.1, 0.15) is 11.1 Å². The zero-order valence-electron chi connectivity index (χ0n) is 15.7. The molecule has 2 aromatic heterocycles. The van der Waals surface area contributed by atoms with Crippen molar-refractivity contribution in [2.45, 2.75) is 25.4 Å². The molecule has 1 aliphatic rings. The average Bonchev–Trinajstić information content (AvgIpc) is 3.31. The Bertz CT molecular complexity index is 1190. The van der Waals surface area contributed by atoms with E-state index in [4.69, 9.17) is 5.11 Å². The first-order valence-electron chi connectivity index (χ1n) is 9.62. The molecule has 6 heteroatoms. The Balaban J connectivity index is 1.40. The van der Waals surface area contributed by atoms with Crippen LogP contribution in [0.25, 0.3) is 22.2 Å². The first-order chi connectivity index (χ1) is 14.2. The highest BCUT2D eigenvalue weighted by atomic mass is 16.4. The maximum Gasteiger partial charge on any atom is 0.323 e. The molecule has 2 heterocycles. The molecule has 0 bridgehead atoms. The molecule has 2 aromatic carbocycles. The second-order valence-corrected chi connectivity index (χ2v) is 7.42. The Morgan fingerprint density at radius 2 is 1.86 bits per heavy atom. The molecule has 0 radical (unpaired) electrons. The van der Waals surface area contributed by atoms with E-state index in [1.807, 2.05) is 30.3 Å². The molecule has 0 spiro atoms. The van der Waals surface area contributed by atoms with E-state index in [1.54, 1.807) is 17.1 Å². The van der Waals surface area contributed by atoms with Crippen LogP contribution in [0.3, 0.4) is 0 Å². The van der Waals surface area contributed by atoms with Gasteiger partial charge in [-0.05, 0) is 41.5 Å². The number of carboxylic acid groups (broad SMARTS) is 1. The first-order valence-corrected chi connectivity index (χ1v) is 9.62. The van der Waals surface area contributed by atoms with Crippen LogP contribution < -0.4 is 5.32 Å². The Labute approximate surface area is 167 Å². The predicted molar refractivity (Wildman–Crippen MR) is 112 cm³/mol. The van der Waals surface area contributed by atoms with E-state index < -0.39 is 5.97 Å². The summed E-state index contributed by atoms with van der Waals surface area (Å²) in [5.74, 6) is -0.0622. The van der Waals surface area contributed by atoms with Crippen LogP contribution in [0, 0.1) is 0 Å². The molecule has 0 atom stereocenters. The minimum absolute atomic E-state index is 0.0637. The van der Waals surface area contributed by atoms with Crippen molar-refractivity contribution in [3.05, 3.63) is 78.2 Å². The van der Waals surface area contributed by atoms with E-state index in [9.17, 15) is 4.79 Å². The number of nitrogens with one attached hydrogen (secondary N) is 1. The number of carbonyl (C=O) groups is 1. The van der Waals surface area contributed by atoms with Gasteiger partial charge in [0.05, 0.1) is 5.69 Å². The standard InChI is InChI=1S/C23H20N4O2/c28-23(29)13-27-8-7-15-5-6-18(11-21(15)27)20-12-22(25-14-24-20)26-19-9-16-3-1-2-4-17(16)10-19/h1-8,11-12,14,19H,9-10,13H2,(H,28,29)(H,24,25,26). The van der Waals surface area contributed by atoms with Gasteiger partial charge in [0.2, 0.25) is 0 Å². The molecule has 2 N–H and O–H groups in total. The van der Waals surface area contributed by atoms with Gasteiger partial charge < -0.3 is 15.0 Å². The summed E-state index contributed by atoms with van der Waals surface area (Å²) in [6.45, 7) is -0.0637. The van der Waals surface area contributed by atoms with Crippen LogP contribution in [0.15, 0.2) is 67.1 Å². The van der Waals surface area contributed by atoms with Gasteiger partial charge in [0.1, 0.15) is 18.7 Å². The minimum Gasteiger partial charge on any atom is -0.480 e. The van der Waals surface area contributed by atoms with Crippen molar-refractivity contribution in [3.8, 4) is 11.3 Å². The Morgan fingerprint density at radius 3 is 2.62 bits per heavy atom. The zero-order chi connectivity index (χ0) is 19.8. The third kappa shape index (κ3) is 3.45. The second-order valence-electron chi connectivity index (χ2n) is 7.42. The normalized spacial score (nSPS) is 13.5. The summed E-state index contributed by atoms with van der Waals surface area (Å²) in [4.78, 5) is 19.9. The summed E-state index contributed by atoms with van der Waals surface area (Å²) >= 11 is 0. The molecule has 4 aromatic rings. The number of rotatable bonds is 5. The summed E-state index contributed by atoms with van der Waals surface area (Å²) in [7, 11) is 0. The van der Waals surface area contributed by atoms with Crippen molar-refractivity contribution >= 4 is 22.7 Å². The van der Waals surface area contributed by atoms with Crippen molar-refractivity contribution < 1.29 is 9.90 Å². The van der Waals surface area contributed by atoms with Gasteiger partial charge >= 0.3 is 5.97 Å². The van der Waals surface area contributed by atoms with Gasteiger partial charge in [-0.3, -0.25) is 4.79 Å². The lowest BCUT2D eigenvalue weighted by atomic mass is 10.1. The highest BCUT2D eigenvalue weighted by molar-refractivity contribution is 5.86. The maximum atomic E-state index is 11.1. The summed E-state index contributed by atoms with van der Waals surface area (Å²) < 4.78 is 1.73. The topological polar surface area (TPSA) is 80.0 Å². The number of anilines is 1. The quantitative estimate of drug-likeness (QED) is 0.548. The summed E-state index contributed by atoms with van der Waals surface area (Å²) in [6.07, 6.45) is 5.35. The average molecular weight is 384 g/mol. The van der Waals surface area contributed by atoms with Crippen LogP contribution in [-0.2, 0) is 24.2 Å². The summed E-state index contributed by atoms with van der Waals surface area (Å²) in [5.41, 5.74) is 5.41. The highest BCUT2D eigenvalue weighted by Crippen LogP contribution is 2.27. The number of nitrogens with zero attached hydrogens (tertiary/aromatic N) is 3. The third-order valence-corrected chi connectivity index (χ3v) is 5.45. The highest BCUT2D eigenvalue weighted by Gasteiger charge is 2.21. The molecule has 29 heavy (non-hydrogen) atoms. The Morgan fingerprint density at radius 1 is 1.07 bits per heavy atom. The van der Waals surface area contributed by atoms with Crippen LogP contribution >= 0.6 is 0 Å². The lowest BCUT2D eigenvalue weighted by Crippen LogP contribution is -2.20. The lowest BCUT2D eigenvalue weighted by molar-refractivity contribution is -0.137. The van der Waals surface area contributed by atoms with Crippen LogP contribution in [0.2, 0.25) is 0 Å². The molecule has 0 saturated carbocycles. The molecule has 6 nitrogen and oxygen atoms in total. The number of carboxylic acids is 1. The van der Waals surface area contributed by atoms with Gasteiger partial charge in [0, 0.05) is 29.4 Å². The number of hydrogen-bond acceptors (Lipinski definition) is 4. The van der Waals surface area contributed by atoms with Crippen molar-refractivity contribution in [2.24, 2.45) is 0 Å². The molecule has 0 fully saturated rings. The smallest absolute Gasteiger partial charge is 0.323 e. The van der Waals surface area contributed by atoms with Gasteiger partial charge in [-0.1, -0.05) is 36.4 Å². The third-order valence-electron chi connectivity index (χ3n) is 5.45. The van der Waals surface area contributed by atoms with Crippen LogP contribution in [0.5, 0.6) is 0 Å². The van der Waals surface area contributed by atoms with E-state index in [-0.39, 0.29) is 6.54 Å². The van der Waals surface area contributed by atoms with Crippen molar-refractivity contribution in [3.63, 3.8) is 0 Å². The Kier molecular flexibility index (Phi) is 4.24. The van der Waals surface area contributed by atoms with E-state index in [0.717, 1.165) is 40.8 Å². The van der Waals surface area contributed by atoms with Crippen molar-refractivity contribution in [2.75, 3.05) is 5.32 Å². The lowest BCUT2D eigenvalue weighted by Gasteiger charge is -2.13. The van der Waals surface area contributed by atoms with Gasteiger partial charge in [0.15, 0.2) is 0 Å². The van der Waals surface area contributed by atoms with E-state index in [2.05, 4.69) is 39.6 Å². The van der Waals surface area contributed by atoms with Gasteiger partial charge in [-0.2, -0.15) is 0 Å². The number of hydrogen-bond donors (Lipinski definition) is 2. The monoisotopic (exact) mass is 384 g/mol. The van der Waals surface area contributed by atoms with E-state index >= 15 is 0 Å². The van der Waals surface area contributed by atoms with Gasteiger partial charge in [-0.15, -0.1) is 0 Å². The number of aliphatic carboxylic acids is 1. The fraction of sp³-hybridized carbons (Fsp3) is 0.174. The zero-order valence-corrected chi connectivity index (χ0v) is 15.7. The van der Waals surface area contributed by atoms with Crippen LogP contribution in [-0.4, -0.2) is 31.7 Å². The molecule has 0 unspecified atom stereocenters. The van der Waals surface area contributed by atoms with Gasteiger partial charge in [0.25, 0.3) is 0 Å². The fourth-order valence-electron chi connectivity index (χ4n) is 4.09. The molecule has 0 aliphatic heterocycles. The van der Waals surface area contributed by atoms with Gasteiger partial charge in [-0.25, -0.2) is 9.97 Å². The number of fused-ring (bicyclic) bond motifs is 2. The van der Waals surface area contributed by atoms with Crippen LogP contribution in [0.4, 0.5) is 5.82 Å². The molecular formula is C23H20N4O2. The SMILES string of the molecule is O=C(O)Cn1ccc2ccc(-c3cc(NC4Cc5ccccc5C4)ncn3)cc21. The fourth-order valence-corrected chi connectivity index (χ4v) is 4.09. The van der Waals surface area contributed by atoms with E-state index in [0.29, 0.717) is 6.04 Å². The summed E-state index contributed by atoms with van der Waals surface area (Å²) in [6, 6.07) is 18.7. The minimum atomic E-state index is -0.862. The second kappa shape index (κ2) is 7.05. The molecule has 0 amide bonds. The molecule has 0 saturated heterocycles.